The van der Waals surface area contributed by atoms with Crippen LogP contribution in [0.25, 0.3) is 20.9 Å². The lowest BCUT2D eigenvalue weighted by Gasteiger charge is -2.14. The number of nitrogens with zero attached hydrogens (tertiary/aromatic N) is 2. The Bertz CT molecular complexity index is 1710. The fourth-order valence-electron chi connectivity index (χ4n) is 4.00. The number of nitro benzene ring substituents is 1. The number of hydrazone groups is 1. The first kappa shape index (κ1) is 25.6. The number of non-ortho nitro benzene ring substituents is 1. The third-order valence-electron chi connectivity index (χ3n) is 5.82. The fourth-order valence-corrected chi connectivity index (χ4v) is 5.71. The maximum Gasteiger partial charge on any atom is 0.281 e. The molecule has 0 fully saturated rings. The summed E-state index contributed by atoms with van der Waals surface area (Å²) in [7, 11) is 1.57. The monoisotopic (exact) mass is 637 g/mol. The van der Waals surface area contributed by atoms with E-state index in [4.69, 9.17) is 9.47 Å². The standard InChI is InChI=1S/C28H20IN3O5S/c1-36-24-12-17(11-23(29)27(24)37-16-19-7-4-6-18-5-2-3-8-22(18)19)15-30-31-28(33)26-14-20-13-21(32(34)35)9-10-25(20)38-26/h2-15H,16H2,1H3,(H,31,33)/b30-15-. The van der Waals surface area contributed by atoms with Gasteiger partial charge in [-0.05, 0) is 68.8 Å². The van der Waals surface area contributed by atoms with Crippen LogP contribution in [-0.4, -0.2) is 24.2 Å². The van der Waals surface area contributed by atoms with Crippen LogP contribution in [0.5, 0.6) is 11.5 Å². The minimum atomic E-state index is -0.462. The van der Waals surface area contributed by atoms with Gasteiger partial charge in [0.25, 0.3) is 11.6 Å². The number of amides is 1. The van der Waals surface area contributed by atoms with E-state index in [2.05, 4.69) is 51.3 Å². The number of halogens is 1. The number of carbonyl (C=O) groups is 1. The topological polar surface area (TPSA) is 103 Å². The minimum Gasteiger partial charge on any atom is -0.493 e. The summed E-state index contributed by atoms with van der Waals surface area (Å²) in [6.07, 6.45) is 1.52. The highest BCUT2D eigenvalue weighted by molar-refractivity contribution is 14.1. The van der Waals surface area contributed by atoms with Gasteiger partial charge in [0.2, 0.25) is 0 Å². The maximum absolute atomic E-state index is 12.6. The first-order chi connectivity index (χ1) is 18.4. The van der Waals surface area contributed by atoms with Gasteiger partial charge < -0.3 is 9.47 Å². The molecule has 10 heteroatoms. The zero-order valence-corrected chi connectivity index (χ0v) is 23.0. The number of nitro groups is 1. The van der Waals surface area contributed by atoms with E-state index < -0.39 is 10.8 Å². The summed E-state index contributed by atoms with van der Waals surface area (Å²) in [5.41, 5.74) is 4.29. The van der Waals surface area contributed by atoms with Crippen LogP contribution in [0.2, 0.25) is 0 Å². The Balaban J connectivity index is 1.29. The molecule has 0 saturated carbocycles. The number of ether oxygens (including phenoxy) is 2. The molecule has 0 radical (unpaired) electrons. The normalized spacial score (nSPS) is 11.2. The SMILES string of the molecule is COc1cc(/C=N\NC(=O)c2cc3cc([N+](=O)[O-])ccc3s2)cc(I)c1OCc1cccc2ccccc12. The summed E-state index contributed by atoms with van der Waals surface area (Å²) in [4.78, 5) is 23.5. The number of methoxy groups -OCH3 is 1. The van der Waals surface area contributed by atoms with Crippen LogP contribution in [0, 0.1) is 13.7 Å². The predicted molar refractivity (Wildman–Crippen MR) is 158 cm³/mol. The molecule has 5 aromatic rings. The van der Waals surface area contributed by atoms with Crippen LogP contribution in [0.3, 0.4) is 0 Å². The number of benzene rings is 4. The molecule has 8 nitrogen and oxygen atoms in total. The first-order valence-corrected chi connectivity index (χ1v) is 13.3. The van der Waals surface area contributed by atoms with Crippen molar-refractivity contribution in [2.75, 3.05) is 7.11 Å². The van der Waals surface area contributed by atoms with E-state index in [1.54, 1.807) is 25.3 Å². The molecule has 4 aromatic carbocycles. The zero-order chi connectivity index (χ0) is 26.6. The molecule has 0 aliphatic carbocycles. The Morgan fingerprint density at radius 3 is 2.71 bits per heavy atom. The average molecular weight is 637 g/mol. The van der Waals surface area contributed by atoms with Gasteiger partial charge in [0.15, 0.2) is 11.5 Å². The number of nitrogens with one attached hydrogen (secondary N) is 1. The average Bonchev–Trinajstić information content (AvgIpc) is 3.36. The molecule has 5 rings (SSSR count). The van der Waals surface area contributed by atoms with E-state index >= 15 is 0 Å². The molecule has 38 heavy (non-hydrogen) atoms. The van der Waals surface area contributed by atoms with Gasteiger partial charge >= 0.3 is 0 Å². The van der Waals surface area contributed by atoms with E-state index in [-0.39, 0.29) is 5.69 Å². The van der Waals surface area contributed by atoms with E-state index in [1.807, 2.05) is 30.3 Å². The van der Waals surface area contributed by atoms with Crippen molar-refractivity contribution in [3.05, 3.63) is 109 Å². The molecule has 1 N–H and O–H groups in total. The maximum atomic E-state index is 12.6. The molecule has 0 spiro atoms. The first-order valence-electron chi connectivity index (χ1n) is 11.4. The smallest absolute Gasteiger partial charge is 0.281 e. The molecular formula is C28H20IN3O5S. The molecule has 1 heterocycles. The van der Waals surface area contributed by atoms with Crippen molar-refractivity contribution in [3.8, 4) is 11.5 Å². The lowest BCUT2D eigenvalue weighted by Crippen LogP contribution is -2.16. The quantitative estimate of drug-likeness (QED) is 0.0862. The summed E-state index contributed by atoms with van der Waals surface area (Å²) in [5, 5.41) is 18.0. The van der Waals surface area contributed by atoms with Gasteiger partial charge in [-0.15, -0.1) is 11.3 Å². The van der Waals surface area contributed by atoms with Crippen molar-refractivity contribution in [3.63, 3.8) is 0 Å². The van der Waals surface area contributed by atoms with Crippen LogP contribution >= 0.6 is 33.9 Å². The number of hydrogen-bond donors (Lipinski definition) is 1. The Labute approximate surface area is 235 Å². The Morgan fingerprint density at radius 2 is 1.89 bits per heavy atom. The van der Waals surface area contributed by atoms with E-state index in [0.717, 1.165) is 30.2 Å². The molecule has 190 valence electrons. The van der Waals surface area contributed by atoms with Gasteiger partial charge in [-0.1, -0.05) is 42.5 Å². The van der Waals surface area contributed by atoms with Crippen molar-refractivity contribution in [2.24, 2.45) is 5.10 Å². The molecule has 0 aliphatic heterocycles. The summed E-state index contributed by atoms with van der Waals surface area (Å²) >= 11 is 3.43. The minimum absolute atomic E-state index is 0.0200. The van der Waals surface area contributed by atoms with Crippen molar-refractivity contribution in [2.45, 2.75) is 6.61 Å². The summed E-state index contributed by atoms with van der Waals surface area (Å²) in [6, 6.07) is 24.1. The summed E-state index contributed by atoms with van der Waals surface area (Å²) in [6.45, 7) is 0.384. The number of carbonyl (C=O) groups excluding carboxylic acids is 1. The van der Waals surface area contributed by atoms with Crippen molar-refractivity contribution in [1.29, 1.82) is 0 Å². The van der Waals surface area contributed by atoms with Crippen LogP contribution in [0.15, 0.2) is 84.0 Å². The second kappa shape index (κ2) is 11.2. The molecule has 0 saturated heterocycles. The number of thiophene rings is 1. The van der Waals surface area contributed by atoms with Crippen molar-refractivity contribution >= 4 is 72.6 Å². The molecule has 0 aliphatic rings. The largest absolute Gasteiger partial charge is 0.493 e. The third-order valence-corrected chi connectivity index (χ3v) is 7.73. The highest BCUT2D eigenvalue weighted by Crippen LogP contribution is 2.35. The van der Waals surface area contributed by atoms with Gasteiger partial charge in [0.1, 0.15) is 6.61 Å². The van der Waals surface area contributed by atoms with Crippen LogP contribution < -0.4 is 14.9 Å². The van der Waals surface area contributed by atoms with Crippen LogP contribution in [0.4, 0.5) is 5.69 Å². The molecule has 0 atom stereocenters. The molecule has 0 bridgehead atoms. The van der Waals surface area contributed by atoms with E-state index in [0.29, 0.717) is 28.4 Å². The highest BCUT2D eigenvalue weighted by Gasteiger charge is 2.14. The van der Waals surface area contributed by atoms with Crippen LogP contribution in [-0.2, 0) is 6.61 Å². The Hall–Kier alpha value is -4.03. The molecule has 1 amide bonds. The Kier molecular flexibility index (Phi) is 7.52. The van der Waals surface area contributed by atoms with Crippen molar-refractivity contribution in [1.82, 2.24) is 5.43 Å². The number of fused-ring (bicyclic) bond motifs is 2. The lowest BCUT2D eigenvalue weighted by molar-refractivity contribution is -0.384. The van der Waals surface area contributed by atoms with Gasteiger partial charge in [0, 0.05) is 22.2 Å². The van der Waals surface area contributed by atoms with Gasteiger partial charge in [-0.3, -0.25) is 14.9 Å². The number of rotatable bonds is 8. The fraction of sp³-hybridized carbons (Fsp3) is 0.0714. The summed E-state index contributed by atoms with van der Waals surface area (Å²) < 4.78 is 13.4. The van der Waals surface area contributed by atoms with Gasteiger partial charge in [0.05, 0.1) is 26.7 Å². The molecular weight excluding hydrogens is 617 g/mol. The van der Waals surface area contributed by atoms with Crippen LogP contribution in [0.1, 0.15) is 20.8 Å². The van der Waals surface area contributed by atoms with E-state index in [9.17, 15) is 14.9 Å². The van der Waals surface area contributed by atoms with Gasteiger partial charge in [-0.25, -0.2) is 5.43 Å². The second-order valence-corrected chi connectivity index (χ2v) is 10.5. The van der Waals surface area contributed by atoms with Gasteiger partial charge in [-0.2, -0.15) is 5.10 Å². The van der Waals surface area contributed by atoms with Crippen molar-refractivity contribution < 1.29 is 19.2 Å². The molecule has 1 aromatic heterocycles. The molecule has 0 unspecified atom stereocenters. The third kappa shape index (κ3) is 5.46. The number of hydrogen-bond acceptors (Lipinski definition) is 7. The zero-order valence-electron chi connectivity index (χ0n) is 20.0. The Morgan fingerprint density at radius 1 is 1.08 bits per heavy atom. The predicted octanol–water partition coefficient (Wildman–Crippen LogP) is 6.92. The second-order valence-electron chi connectivity index (χ2n) is 8.25. The lowest BCUT2D eigenvalue weighted by atomic mass is 10.1. The highest BCUT2D eigenvalue weighted by atomic mass is 127. The van der Waals surface area contributed by atoms with E-state index in [1.165, 1.54) is 29.7 Å². The summed E-state index contributed by atoms with van der Waals surface area (Å²) in [5.74, 6) is 0.777.